The molecule has 3 heterocycles. The number of rotatable bonds is 4. The Hall–Kier alpha value is -2.73. The van der Waals surface area contributed by atoms with Crippen LogP contribution in [0, 0.1) is 12.8 Å². The van der Waals surface area contributed by atoms with Gasteiger partial charge in [-0.2, -0.15) is 0 Å². The number of aryl methyl sites for hydroxylation is 1. The van der Waals surface area contributed by atoms with Crippen LogP contribution < -0.4 is 5.32 Å². The highest BCUT2D eigenvalue weighted by Crippen LogP contribution is 2.34. The van der Waals surface area contributed by atoms with Crippen molar-refractivity contribution in [3.05, 3.63) is 54.1 Å². The molecule has 0 bridgehead atoms. The Morgan fingerprint density at radius 1 is 1.30 bits per heavy atom. The number of nitrogens with zero attached hydrogens (tertiary/aromatic N) is 3. The van der Waals surface area contributed by atoms with E-state index in [1.807, 2.05) is 37.3 Å². The molecule has 2 aromatic heterocycles. The molecule has 0 saturated carbocycles. The second kappa shape index (κ2) is 7.48. The van der Waals surface area contributed by atoms with E-state index in [1.165, 1.54) is 0 Å². The van der Waals surface area contributed by atoms with E-state index in [9.17, 15) is 4.79 Å². The number of likely N-dealkylation sites (tertiary alicyclic amines) is 1. The number of nitrogens with one attached hydrogen (secondary N) is 2. The van der Waals surface area contributed by atoms with Crippen LogP contribution in [-0.2, 0) is 4.79 Å². The van der Waals surface area contributed by atoms with Gasteiger partial charge in [-0.1, -0.05) is 12.1 Å². The standard InChI is InChI=1S/C21H25N5O/c1-14-7-8-16(13-22-14)23-20(27)12-15-9-10-26(2)19(11-15)21-24-17-5-3-4-6-18(17)25-21/h3-8,13,15,19H,9-12H2,1-2H3,(H,23,27)(H,24,25)/t15-,19-/m1/s1. The van der Waals surface area contributed by atoms with Crippen LogP contribution in [0.2, 0.25) is 0 Å². The average molecular weight is 363 g/mol. The molecule has 2 N–H and O–H groups in total. The second-order valence-electron chi connectivity index (χ2n) is 7.47. The van der Waals surface area contributed by atoms with Crippen LogP contribution in [0.3, 0.4) is 0 Å². The Morgan fingerprint density at radius 3 is 2.93 bits per heavy atom. The Morgan fingerprint density at radius 2 is 2.15 bits per heavy atom. The first-order valence-electron chi connectivity index (χ1n) is 9.46. The zero-order chi connectivity index (χ0) is 18.8. The van der Waals surface area contributed by atoms with Crippen molar-refractivity contribution in [1.29, 1.82) is 0 Å². The molecular weight excluding hydrogens is 338 g/mol. The van der Waals surface area contributed by atoms with Crippen LogP contribution in [-0.4, -0.2) is 39.4 Å². The maximum absolute atomic E-state index is 12.5. The highest BCUT2D eigenvalue weighted by molar-refractivity contribution is 5.90. The van der Waals surface area contributed by atoms with Crippen molar-refractivity contribution in [1.82, 2.24) is 19.9 Å². The van der Waals surface area contributed by atoms with Crippen LogP contribution in [0.5, 0.6) is 0 Å². The monoisotopic (exact) mass is 363 g/mol. The van der Waals surface area contributed by atoms with E-state index in [-0.39, 0.29) is 11.9 Å². The summed E-state index contributed by atoms with van der Waals surface area (Å²) in [5.74, 6) is 1.39. The number of pyridine rings is 1. The summed E-state index contributed by atoms with van der Waals surface area (Å²) in [7, 11) is 2.13. The van der Waals surface area contributed by atoms with E-state index in [2.05, 4.69) is 33.3 Å². The molecule has 2 atom stereocenters. The number of anilines is 1. The molecule has 1 saturated heterocycles. The largest absolute Gasteiger partial charge is 0.341 e. The lowest BCUT2D eigenvalue weighted by Gasteiger charge is -2.35. The van der Waals surface area contributed by atoms with Crippen molar-refractivity contribution in [3.8, 4) is 0 Å². The molecule has 1 amide bonds. The van der Waals surface area contributed by atoms with E-state index in [0.717, 1.165) is 47.6 Å². The lowest BCUT2D eigenvalue weighted by molar-refractivity contribution is -0.117. The first-order valence-corrected chi connectivity index (χ1v) is 9.46. The van der Waals surface area contributed by atoms with E-state index >= 15 is 0 Å². The summed E-state index contributed by atoms with van der Waals surface area (Å²) in [6.07, 6.45) is 4.18. The molecule has 1 aromatic carbocycles. The topological polar surface area (TPSA) is 73.9 Å². The van der Waals surface area contributed by atoms with E-state index < -0.39 is 0 Å². The molecule has 6 heteroatoms. The van der Waals surface area contributed by atoms with Crippen molar-refractivity contribution in [2.24, 2.45) is 5.92 Å². The molecule has 1 aliphatic rings. The number of benzene rings is 1. The summed E-state index contributed by atoms with van der Waals surface area (Å²) in [5, 5.41) is 2.97. The fourth-order valence-electron chi connectivity index (χ4n) is 3.81. The smallest absolute Gasteiger partial charge is 0.224 e. The van der Waals surface area contributed by atoms with Gasteiger partial charge in [-0.05, 0) is 63.5 Å². The number of H-pyrrole nitrogens is 1. The number of para-hydroxylation sites is 2. The highest BCUT2D eigenvalue weighted by Gasteiger charge is 2.30. The highest BCUT2D eigenvalue weighted by atomic mass is 16.1. The molecule has 6 nitrogen and oxygen atoms in total. The summed E-state index contributed by atoms with van der Waals surface area (Å²) in [6.45, 7) is 2.90. The number of fused-ring (bicyclic) bond motifs is 1. The Balaban J connectivity index is 1.42. The Kier molecular flexibility index (Phi) is 4.90. The zero-order valence-electron chi connectivity index (χ0n) is 15.8. The molecule has 4 rings (SSSR count). The molecular formula is C21H25N5O. The van der Waals surface area contributed by atoms with E-state index in [4.69, 9.17) is 4.98 Å². The van der Waals surface area contributed by atoms with Crippen molar-refractivity contribution in [3.63, 3.8) is 0 Å². The van der Waals surface area contributed by atoms with Crippen LogP contribution in [0.25, 0.3) is 11.0 Å². The maximum Gasteiger partial charge on any atom is 0.224 e. The van der Waals surface area contributed by atoms with Gasteiger partial charge in [0.2, 0.25) is 5.91 Å². The van der Waals surface area contributed by atoms with Gasteiger partial charge in [0.1, 0.15) is 5.82 Å². The summed E-state index contributed by atoms with van der Waals surface area (Å²) in [6, 6.07) is 12.1. The molecule has 140 valence electrons. The van der Waals surface area contributed by atoms with Gasteiger partial charge < -0.3 is 10.3 Å². The third kappa shape index (κ3) is 4.01. The number of carbonyl (C=O) groups is 1. The van der Waals surface area contributed by atoms with Crippen LogP contribution in [0.1, 0.15) is 36.8 Å². The number of imidazole rings is 1. The number of hydrogen-bond donors (Lipinski definition) is 2. The summed E-state index contributed by atoms with van der Waals surface area (Å²) in [4.78, 5) is 27.2. The fourth-order valence-corrected chi connectivity index (χ4v) is 3.81. The van der Waals surface area contributed by atoms with Gasteiger partial charge in [-0.15, -0.1) is 0 Å². The molecule has 3 aromatic rings. The van der Waals surface area contributed by atoms with Crippen LogP contribution in [0.4, 0.5) is 5.69 Å². The average Bonchev–Trinajstić information content (AvgIpc) is 3.09. The van der Waals surface area contributed by atoms with Gasteiger partial charge in [-0.3, -0.25) is 14.7 Å². The predicted molar refractivity (Wildman–Crippen MR) is 106 cm³/mol. The van der Waals surface area contributed by atoms with Crippen molar-refractivity contribution < 1.29 is 4.79 Å². The quantitative estimate of drug-likeness (QED) is 0.742. The zero-order valence-corrected chi connectivity index (χ0v) is 15.8. The van der Waals surface area contributed by atoms with E-state index in [0.29, 0.717) is 12.3 Å². The molecule has 1 aliphatic heterocycles. The molecule has 27 heavy (non-hydrogen) atoms. The fraction of sp³-hybridized carbons (Fsp3) is 0.381. The third-order valence-electron chi connectivity index (χ3n) is 5.37. The van der Waals surface area contributed by atoms with Gasteiger partial charge in [0.05, 0.1) is 29.0 Å². The summed E-state index contributed by atoms with van der Waals surface area (Å²) < 4.78 is 0. The van der Waals surface area contributed by atoms with Gasteiger partial charge in [0, 0.05) is 12.1 Å². The summed E-state index contributed by atoms with van der Waals surface area (Å²) in [5.41, 5.74) is 3.75. The van der Waals surface area contributed by atoms with Gasteiger partial charge in [0.25, 0.3) is 0 Å². The van der Waals surface area contributed by atoms with Gasteiger partial charge >= 0.3 is 0 Å². The van der Waals surface area contributed by atoms with Crippen molar-refractivity contribution in [2.75, 3.05) is 18.9 Å². The number of aromatic amines is 1. The molecule has 0 aliphatic carbocycles. The van der Waals surface area contributed by atoms with Crippen LogP contribution in [0.15, 0.2) is 42.6 Å². The molecule has 0 radical (unpaired) electrons. The van der Waals surface area contributed by atoms with Crippen molar-refractivity contribution in [2.45, 2.75) is 32.2 Å². The maximum atomic E-state index is 12.5. The minimum atomic E-state index is 0.0542. The van der Waals surface area contributed by atoms with Crippen molar-refractivity contribution >= 4 is 22.6 Å². The SMILES string of the molecule is Cc1ccc(NC(=O)C[C@@H]2CCN(C)[C@@H](c3nc4ccccc4[nH]3)C2)cn1. The number of carbonyl (C=O) groups excluding carboxylic acids is 1. The molecule has 1 fully saturated rings. The lowest BCUT2D eigenvalue weighted by Crippen LogP contribution is -2.35. The molecule has 0 unspecified atom stereocenters. The number of piperidine rings is 1. The van der Waals surface area contributed by atoms with Gasteiger partial charge in [-0.25, -0.2) is 4.98 Å². The van der Waals surface area contributed by atoms with Gasteiger partial charge in [0.15, 0.2) is 0 Å². The molecule has 0 spiro atoms. The number of hydrogen-bond acceptors (Lipinski definition) is 4. The summed E-state index contributed by atoms with van der Waals surface area (Å²) >= 11 is 0. The second-order valence-corrected chi connectivity index (χ2v) is 7.47. The number of aromatic nitrogens is 3. The third-order valence-corrected chi connectivity index (χ3v) is 5.37. The minimum absolute atomic E-state index is 0.0542. The number of amides is 1. The Labute approximate surface area is 159 Å². The normalized spacial score (nSPS) is 20.7. The first kappa shape index (κ1) is 17.7. The first-order chi connectivity index (χ1) is 13.1. The predicted octanol–water partition coefficient (Wildman–Crippen LogP) is 3.68. The lowest BCUT2D eigenvalue weighted by atomic mass is 9.88. The van der Waals surface area contributed by atoms with E-state index in [1.54, 1.807) is 6.20 Å². The Bertz CT molecular complexity index is 900. The van der Waals surface area contributed by atoms with Crippen LogP contribution >= 0.6 is 0 Å². The minimum Gasteiger partial charge on any atom is -0.341 e.